The Bertz CT molecular complexity index is 554. The SMILES string of the molecule is CCC(C)N1CC(O)=C(c2nc(C(C)(C)C)cs2)C1=N. The zero-order valence-electron chi connectivity index (χ0n) is 12.8. The van der Waals surface area contributed by atoms with Crippen LogP contribution in [0.3, 0.4) is 0 Å². The largest absolute Gasteiger partial charge is 0.510 e. The van der Waals surface area contributed by atoms with Gasteiger partial charge in [0.15, 0.2) is 0 Å². The van der Waals surface area contributed by atoms with Crippen molar-refractivity contribution in [1.82, 2.24) is 9.88 Å². The van der Waals surface area contributed by atoms with Crippen LogP contribution in [0.15, 0.2) is 11.1 Å². The third-order valence-electron chi connectivity index (χ3n) is 3.74. The number of aliphatic hydroxyl groups is 1. The van der Waals surface area contributed by atoms with E-state index in [1.54, 1.807) is 0 Å². The van der Waals surface area contributed by atoms with Gasteiger partial charge >= 0.3 is 0 Å². The highest BCUT2D eigenvalue weighted by molar-refractivity contribution is 7.11. The Hall–Kier alpha value is -1.36. The van der Waals surface area contributed by atoms with Gasteiger partial charge in [-0.15, -0.1) is 11.3 Å². The van der Waals surface area contributed by atoms with Gasteiger partial charge in [0.1, 0.15) is 16.6 Å². The quantitative estimate of drug-likeness (QED) is 0.891. The molecule has 1 unspecified atom stereocenters. The molecular formula is C15H23N3OS. The number of rotatable bonds is 3. The second-order valence-corrected chi connectivity index (χ2v) is 7.20. The van der Waals surface area contributed by atoms with E-state index in [0.717, 1.165) is 17.1 Å². The van der Waals surface area contributed by atoms with Gasteiger partial charge in [-0.2, -0.15) is 0 Å². The summed E-state index contributed by atoms with van der Waals surface area (Å²) < 4.78 is 0. The lowest BCUT2D eigenvalue weighted by molar-refractivity contribution is 0.301. The summed E-state index contributed by atoms with van der Waals surface area (Å²) in [7, 11) is 0. The molecule has 0 spiro atoms. The van der Waals surface area contributed by atoms with Crippen molar-refractivity contribution in [3.05, 3.63) is 21.8 Å². The molecule has 20 heavy (non-hydrogen) atoms. The van der Waals surface area contributed by atoms with E-state index in [1.807, 2.05) is 10.3 Å². The normalized spacial score (nSPS) is 18.1. The van der Waals surface area contributed by atoms with Crippen molar-refractivity contribution in [3.8, 4) is 0 Å². The number of nitrogens with one attached hydrogen (secondary N) is 1. The van der Waals surface area contributed by atoms with Gasteiger partial charge in [0, 0.05) is 16.8 Å². The molecule has 5 heteroatoms. The Balaban J connectivity index is 2.31. The van der Waals surface area contributed by atoms with Crippen molar-refractivity contribution < 1.29 is 5.11 Å². The van der Waals surface area contributed by atoms with Crippen molar-refractivity contribution in [2.75, 3.05) is 6.54 Å². The standard InChI is InChI=1S/C15H23N3OS/c1-6-9(2)18-7-10(19)12(13(18)16)14-17-11(8-20-14)15(3,4)5/h8-9,16,19H,6-7H2,1-5H3. The van der Waals surface area contributed by atoms with Gasteiger partial charge in [0.25, 0.3) is 0 Å². The lowest BCUT2D eigenvalue weighted by Crippen LogP contribution is -2.34. The van der Waals surface area contributed by atoms with Crippen molar-refractivity contribution in [1.29, 1.82) is 5.41 Å². The first-order valence-electron chi connectivity index (χ1n) is 6.99. The van der Waals surface area contributed by atoms with Gasteiger partial charge in [-0.1, -0.05) is 27.7 Å². The highest BCUT2D eigenvalue weighted by Crippen LogP contribution is 2.33. The molecule has 2 heterocycles. The van der Waals surface area contributed by atoms with E-state index in [4.69, 9.17) is 5.41 Å². The molecular weight excluding hydrogens is 270 g/mol. The minimum Gasteiger partial charge on any atom is -0.510 e. The summed E-state index contributed by atoms with van der Waals surface area (Å²) in [5.74, 6) is 0.664. The number of hydrogen-bond acceptors (Lipinski definition) is 4. The minimum absolute atomic E-state index is 0.0118. The number of aromatic nitrogens is 1. The van der Waals surface area contributed by atoms with Crippen LogP contribution in [0.25, 0.3) is 5.57 Å². The minimum atomic E-state index is -0.0118. The fourth-order valence-corrected chi connectivity index (χ4v) is 3.27. The zero-order valence-corrected chi connectivity index (χ0v) is 13.6. The van der Waals surface area contributed by atoms with E-state index >= 15 is 0 Å². The molecule has 0 aromatic carbocycles. The Labute approximate surface area is 124 Å². The average molecular weight is 293 g/mol. The van der Waals surface area contributed by atoms with Gasteiger partial charge in [-0.05, 0) is 13.3 Å². The lowest BCUT2D eigenvalue weighted by atomic mass is 9.93. The summed E-state index contributed by atoms with van der Waals surface area (Å²) >= 11 is 1.51. The van der Waals surface area contributed by atoms with Crippen LogP contribution in [0.2, 0.25) is 0 Å². The van der Waals surface area contributed by atoms with Gasteiger partial charge < -0.3 is 10.0 Å². The highest BCUT2D eigenvalue weighted by Gasteiger charge is 2.32. The van der Waals surface area contributed by atoms with Crippen LogP contribution in [0.5, 0.6) is 0 Å². The summed E-state index contributed by atoms with van der Waals surface area (Å²) in [6.07, 6.45) is 0.952. The van der Waals surface area contributed by atoms with E-state index in [9.17, 15) is 5.11 Å². The monoisotopic (exact) mass is 293 g/mol. The Morgan fingerprint density at radius 3 is 2.65 bits per heavy atom. The summed E-state index contributed by atoms with van der Waals surface area (Å²) in [5, 5.41) is 21.3. The summed E-state index contributed by atoms with van der Waals surface area (Å²) in [6.45, 7) is 10.9. The average Bonchev–Trinajstić information content (AvgIpc) is 2.93. The predicted molar refractivity (Wildman–Crippen MR) is 84.5 cm³/mol. The lowest BCUT2D eigenvalue weighted by Gasteiger charge is -2.25. The van der Waals surface area contributed by atoms with Crippen LogP contribution < -0.4 is 0 Å². The number of aliphatic hydroxyl groups excluding tert-OH is 1. The molecule has 0 amide bonds. The first-order chi connectivity index (χ1) is 9.25. The van der Waals surface area contributed by atoms with Crippen molar-refractivity contribution in [3.63, 3.8) is 0 Å². The first kappa shape index (κ1) is 15.0. The molecule has 1 aromatic heterocycles. The van der Waals surface area contributed by atoms with Gasteiger partial charge in [-0.25, -0.2) is 4.98 Å². The molecule has 0 saturated carbocycles. The second-order valence-electron chi connectivity index (χ2n) is 6.34. The smallest absolute Gasteiger partial charge is 0.135 e. The van der Waals surface area contributed by atoms with Crippen LogP contribution in [-0.4, -0.2) is 33.4 Å². The molecule has 2 rings (SSSR count). The van der Waals surface area contributed by atoms with E-state index in [-0.39, 0.29) is 17.2 Å². The molecule has 1 aliphatic heterocycles. The molecule has 0 bridgehead atoms. The Morgan fingerprint density at radius 2 is 2.15 bits per heavy atom. The van der Waals surface area contributed by atoms with E-state index in [2.05, 4.69) is 39.6 Å². The number of thiazole rings is 1. The molecule has 1 aliphatic rings. The summed E-state index contributed by atoms with van der Waals surface area (Å²) in [4.78, 5) is 6.55. The molecule has 4 nitrogen and oxygen atoms in total. The molecule has 0 saturated heterocycles. The second kappa shape index (κ2) is 5.20. The molecule has 110 valence electrons. The van der Waals surface area contributed by atoms with E-state index in [0.29, 0.717) is 18.0 Å². The fraction of sp³-hybridized carbons (Fsp3) is 0.600. The van der Waals surface area contributed by atoms with Crippen molar-refractivity contribution in [2.45, 2.75) is 52.5 Å². The third kappa shape index (κ3) is 2.59. The molecule has 2 N–H and O–H groups in total. The molecule has 0 aliphatic carbocycles. The topological polar surface area (TPSA) is 60.2 Å². The Kier molecular flexibility index (Phi) is 3.91. The first-order valence-corrected chi connectivity index (χ1v) is 7.87. The van der Waals surface area contributed by atoms with Crippen molar-refractivity contribution >= 4 is 22.7 Å². The summed E-state index contributed by atoms with van der Waals surface area (Å²) in [5.41, 5.74) is 1.60. The van der Waals surface area contributed by atoms with Crippen LogP contribution in [0.4, 0.5) is 0 Å². The van der Waals surface area contributed by atoms with Gasteiger partial charge in [0.2, 0.25) is 0 Å². The Morgan fingerprint density at radius 1 is 1.50 bits per heavy atom. The third-order valence-corrected chi connectivity index (χ3v) is 4.60. The maximum atomic E-state index is 10.2. The molecule has 1 aromatic rings. The number of nitrogens with zero attached hydrogens (tertiary/aromatic N) is 2. The maximum Gasteiger partial charge on any atom is 0.135 e. The zero-order chi connectivity index (χ0) is 15.1. The highest BCUT2D eigenvalue weighted by atomic mass is 32.1. The number of amidine groups is 1. The van der Waals surface area contributed by atoms with Crippen LogP contribution in [0, 0.1) is 5.41 Å². The maximum absolute atomic E-state index is 10.2. The van der Waals surface area contributed by atoms with Crippen LogP contribution in [0.1, 0.15) is 51.7 Å². The fourth-order valence-electron chi connectivity index (χ4n) is 2.15. The predicted octanol–water partition coefficient (Wildman–Crippen LogP) is 3.80. The molecule has 0 fully saturated rings. The summed E-state index contributed by atoms with van der Waals surface area (Å²) in [6, 6.07) is 0.254. The number of hydrogen-bond donors (Lipinski definition) is 2. The van der Waals surface area contributed by atoms with Gasteiger partial charge in [-0.3, -0.25) is 5.41 Å². The van der Waals surface area contributed by atoms with Gasteiger partial charge in [0.05, 0.1) is 17.8 Å². The van der Waals surface area contributed by atoms with Crippen LogP contribution in [-0.2, 0) is 5.41 Å². The molecule has 1 atom stereocenters. The van der Waals surface area contributed by atoms with Crippen LogP contribution >= 0.6 is 11.3 Å². The van der Waals surface area contributed by atoms with Crippen molar-refractivity contribution in [2.24, 2.45) is 0 Å². The van der Waals surface area contributed by atoms with E-state index in [1.165, 1.54) is 11.3 Å². The molecule has 0 radical (unpaired) electrons. The van der Waals surface area contributed by atoms with E-state index < -0.39 is 0 Å².